The van der Waals surface area contributed by atoms with E-state index in [-0.39, 0.29) is 11.9 Å². The highest BCUT2D eigenvalue weighted by Gasteiger charge is 2.29. The molecule has 0 saturated carbocycles. The van der Waals surface area contributed by atoms with Crippen molar-refractivity contribution in [3.05, 3.63) is 53.2 Å². The van der Waals surface area contributed by atoms with E-state index in [0.29, 0.717) is 5.92 Å². The fourth-order valence-corrected chi connectivity index (χ4v) is 2.89. The molecule has 112 valence electrons. The van der Waals surface area contributed by atoms with Crippen molar-refractivity contribution in [2.24, 2.45) is 0 Å². The fourth-order valence-electron chi connectivity index (χ4n) is 2.89. The van der Waals surface area contributed by atoms with Gasteiger partial charge in [-0.1, -0.05) is 31.1 Å². The molecule has 1 fully saturated rings. The van der Waals surface area contributed by atoms with Crippen LogP contribution in [0.2, 0.25) is 0 Å². The topological polar surface area (TPSA) is 29.3 Å². The van der Waals surface area contributed by atoms with Gasteiger partial charge in [-0.3, -0.25) is 4.90 Å². The van der Waals surface area contributed by atoms with Crippen LogP contribution in [0.15, 0.2) is 34.9 Å². The molecule has 4 heteroatoms. The molecule has 0 unspecified atom stereocenters. The minimum absolute atomic E-state index is 0.187. The van der Waals surface area contributed by atoms with Crippen molar-refractivity contribution in [2.75, 3.05) is 6.54 Å². The highest BCUT2D eigenvalue weighted by atomic mass is 19.1. The molecule has 0 bridgehead atoms. The molecule has 1 atom stereocenters. The molecule has 2 aromatic rings. The summed E-state index contributed by atoms with van der Waals surface area (Å²) in [4.78, 5) is 2.39. The summed E-state index contributed by atoms with van der Waals surface area (Å²) >= 11 is 0. The lowest BCUT2D eigenvalue weighted by molar-refractivity contribution is 0.206. The number of nitrogens with zero attached hydrogens (tertiary/aromatic N) is 2. The molecule has 0 aliphatic carbocycles. The monoisotopic (exact) mass is 288 g/mol. The van der Waals surface area contributed by atoms with Gasteiger partial charge in [0.05, 0.1) is 11.7 Å². The molecule has 3 nitrogen and oxygen atoms in total. The number of halogens is 1. The van der Waals surface area contributed by atoms with E-state index in [1.165, 1.54) is 12.1 Å². The Labute approximate surface area is 124 Å². The van der Waals surface area contributed by atoms with Crippen molar-refractivity contribution in [3.8, 4) is 0 Å². The smallest absolute Gasteiger partial charge is 0.154 e. The summed E-state index contributed by atoms with van der Waals surface area (Å²) in [7, 11) is 0. The maximum atomic E-state index is 13.0. The summed E-state index contributed by atoms with van der Waals surface area (Å²) in [5.41, 5.74) is 2.14. The minimum Gasteiger partial charge on any atom is -0.359 e. The van der Waals surface area contributed by atoms with E-state index in [0.717, 1.165) is 42.9 Å². The zero-order chi connectivity index (χ0) is 14.8. The van der Waals surface area contributed by atoms with Gasteiger partial charge in [-0.15, -0.1) is 0 Å². The molecule has 0 amide bonds. The van der Waals surface area contributed by atoms with Gasteiger partial charge >= 0.3 is 0 Å². The van der Waals surface area contributed by atoms with Crippen molar-refractivity contribution in [3.63, 3.8) is 0 Å². The summed E-state index contributed by atoms with van der Waals surface area (Å²) in [6.07, 6.45) is 2.25. The fraction of sp³-hybridized carbons (Fsp3) is 0.471. The van der Waals surface area contributed by atoms with Crippen LogP contribution in [0.3, 0.4) is 0 Å². The predicted octanol–water partition coefficient (Wildman–Crippen LogP) is 4.27. The average molecular weight is 288 g/mol. The third-order valence-electron chi connectivity index (χ3n) is 4.13. The van der Waals surface area contributed by atoms with E-state index in [2.05, 4.69) is 30.0 Å². The summed E-state index contributed by atoms with van der Waals surface area (Å²) in [5, 5.41) is 4.16. The zero-order valence-corrected chi connectivity index (χ0v) is 12.6. The zero-order valence-electron chi connectivity index (χ0n) is 12.6. The van der Waals surface area contributed by atoms with E-state index in [9.17, 15) is 4.39 Å². The standard InChI is InChI=1S/C17H21FN2O/c1-12(2)15-10-17(21-19-15)16-4-3-9-20(16)11-13-5-7-14(18)8-6-13/h5-8,10,12,16H,3-4,9,11H2,1-2H3/t16-/m1/s1. The van der Waals surface area contributed by atoms with Crippen molar-refractivity contribution < 1.29 is 8.91 Å². The summed E-state index contributed by atoms with van der Waals surface area (Å²) in [5.74, 6) is 1.15. The summed E-state index contributed by atoms with van der Waals surface area (Å²) in [6.45, 7) is 6.10. The molecule has 1 aromatic carbocycles. The molecular weight excluding hydrogens is 267 g/mol. The predicted molar refractivity (Wildman–Crippen MR) is 79.4 cm³/mol. The van der Waals surface area contributed by atoms with Gasteiger partial charge in [-0.2, -0.15) is 0 Å². The number of benzene rings is 1. The van der Waals surface area contributed by atoms with Crippen LogP contribution in [0, 0.1) is 5.82 Å². The first-order valence-corrected chi connectivity index (χ1v) is 7.58. The Morgan fingerprint density at radius 2 is 2.10 bits per heavy atom. The number of likely N-dealkylation sites (tertiary alicyclic amines) is 1. The van der Waals surface area contributed by atoms with Crippen molar-refractivity contribution in [1.82, 2.24) is 10.1 Å². The second kappa shape index (κ2) is 5.98. The molecule has 0 spiro atoms. The van der Waals surface area contributed by atoms with Gasteiger partial charge in [0.1, 0.15) is 5.82 Å². The van der Waals surface area contributed by atoms with E-state index in [1.807, 2.05) is 12.1 Å². The molecule has 0 radical (unpaired) electrons. The molecule has 1 aliphatic heterocycles. The molecule has 0 N–H and O–H groups in total. The van der Waals surface area contributed by atoms with Crippen LogP contribution in [0.5, 0.6) is 0 Å². The Hall–Kier alpha value is -1.68. The lowest BCUT2D eigenvalue weighted by Crippen LogP contribution is -2.22. The summed E-state index contributed by atoms with van der Waals surface area (Å²) in [6, 6.07) is 9.11. The first kappa shape index (κ1) is 14.3. The van der Waals surface area contributed by atoms with Crippen molar-refractivity contribution in [2.45, 2.75) is 45.2 Å². The largest absolute Gasteiger partial charge is 0.359 e. The molecule has 3 rings (SSSR count). The molecule has 2 heterocycles. The van der Waals surface area contributed by atoms with Crippen LogP contribution < -0.4 is 0 Å². The Balaban J connectivity index is 1.74. The van der Waals surface area contributed by atoms with E-state index >= 15 is 0 Å². The van der Waals surface area contributed by atoms with Crippen LogP contribution in [0.4, 0.5) is 4.39 Å². The van der Waals surface area contributed by atoms with Crippen LogP contribution in [0.1, 0.15) is 55.7 Å². The average Bonchev–Trinajstić information content (AvgIpc) is 3.09. The van der Waals surface area contributed by atoms with Gasteiger partial charge in [-0.25, -0.2) is 4.39 Å². The van der Waals surface area contributed by atoms with Crippen LogP contribution in [-0.4, -0.2) is 16.6 Å². The highest BCUT2D eigenvalue weighted by molar-refractivity contribution is 5.18. The third-order valence-corrected chi connectivity index (χ3v) is 4.13. The van der Waals surface area contributed by atoms with Gasteiger partial charge in [0, 0.05) is 12.6 Å². The number of rotatable bonds is 4. The van der Waals surface area contributed by atoms with E-state index < -0.39 is 0 Å². The summed E-state index contributed by atoms with van der Waals surface area (Å²) < 4.78 is 18.5. The second-order valence-electron chi connectivity index (χ2n) is 6.06. The Morgan fingerprint density at radius 3 is 2.76 bits per heavy atom. The van der Waals surface area contributed by atoms with Crippen LogP contribution in [-0.2, 0) is 6.54 Å². The van der Waals surface area contributed by atoms with Crippen molar-refractivity contribution in [1.29, 1.82) is 0 Å². The number of hydrogen-bond donors (Lipinski definition) is 0. The van der Waals surface area contributed by atoms with E-state index in [4.69, 9.17) is 4.52 Å². The first-order valence-electron chi connectivity index (χ1n) is 7.58. The second-order valence-corrected chi connectivity index (χ2v) is 6.06. The third kappa shape index (κ3) is 3.16. The van der Waals surface area contributed by atoms with Gasteiger partial charge in [-0.05, 0) is 43.0 Å². The number of aromatic nitrogens is 1. The van der Waals surface area contributed by atoms with Crippen LogP contribution >= 0.6 is 0 Å². The SMILES string of the molecule is CC(C)c1cc([C@H]2CCCN2Cc2ccc(F)cc2)on1. The maximum absolute atomic E-state index is 13.0. The normalized spacial score (nSPS) is 19.5. The molecule has 1 aromatic heterocycles. The molecule has 1 aliphatic rings. The lowest BCUT2D eigenvalue weighted by atomic mass is 10.1. The Bertz CT molecular complexity index is 591. The molecular formula is C17H21FN2O. The van der Waals surface area contributed by atoms with Gasteiger partial charge in [0.2, 0.25) is 0 Å². The Morgan fingerprint density at radius 1 is 1.33 bits per heavy atom. The minimum atomic E-state index is -0.187. The van der Waals surface area contributed by atoms with E-state index in [1.54, 1.807) is 0 Å². The quantitative estimate of drug-likeness (QED) is 0.841. The maximum Gasteiger partial charge on any atom is 0.154 e. The molecule has 1 saturated heterocycles. The van der Waals surface area contributed by atoms with Crippen molar-refractivity contribution >= 4 is 0 Å². The van der Waals surface area contributed by atoms with Gasteiger partial charge < -0.3 is 4.52 Å². The first-order chi connectivity index (χ1) is 10.1. The lowest BCUT2D eigenvalue weighted by Gasteiger charge is -2.22. The highest BCUT2D eigenvalue weighted by Crippen LogP contribution is 2.34. The van der Waals surface area contributed by atoms with Gasteiger partial charge in [0.15, 0.2) is 5.76 Å². The van der Waals surface area contributed by atoms with Crippen LogP contribution in [0.25, 0.3) is 0 Å². The molecule has 21 heavy (non-hydrogen) atoms. The number of hydrogen-bond acceptors (Lipinski definition) is 3. The van der Waals surface area contributed by atoms with Gasteiger partial charge in [0.25, 0.3) is 0 Å². The Kier molecular flexibility index (Phi) is 4.06.